The molecule has 1 unspecified atom stereocenters. The molecule has 1 fully saturated rings. The quantitative estimate of drug-likeness (QED) is 0.437. The van der Waals surface area contributed by atoms with Crippen molar-refractivity contribution in [3.05, 3.63) is 82.7 Å². The molecule has 4 rings (SSSR count). The molecule has 1 aliphatic heterocycles. The van der Waals surface area contributed by atoms with Gasteiger partial charge in [0.25, 0.3) is 0 Å². The van der Waals surface area contributed by atoms with Gasteiger partial charge in [-0.2, -0.15) is 0 Å². The average Bonchev–Trinajstić information content (AvgIpc) is 2.78. The Morgan fingerprint density at radius 3 is 2.28 bits per heavy atom. The summed E-state index contributed by atoms with van der Waals surface area (Å²) in [6, 6.07) is 8.39. The summed E-state index contributed by atoms with van der Waals surface area (Å²) < 4.78 is 81.3. The summed E-state index contributed by atoms with van der Waals surface area (Å²) in [4.78, 5) is 0. The Kier molecular flexibility index (Phi) is 6.76. The van der Waals surface area contributed by atoms with E-state index in [1.807, 2.05) is 0 Å². The number of rotatable bonds is 5. The molecule has 7 heteroatoms. The van der Waals surface area contributed by atoms with Gasteiger partial charge in [-0.1, -0.05) is 37.6 Å². The van der Waals surface area contributed by atoms with Crippen LogP contribution in [0, 0.1) is 17.6 Å². The Bertz CT molecular complexity index is 1050. The lowest BCUT2D eigenvalue weighted by Crippen LogP contribution is -2.27. The van der Waals surface area contributed by atoms with Gasteiger partial charge in [0.15, 0.2) is 17.9 Å². The summed E-state index contributed by atoms with van der Waals surface area (Å²) in [5, 5.41) is 0. The van der Waals surface area contributed by atoms with E-state index < -0.39 is 47.7 Å². The SMILES string of the molecule is CCCC1COC(c2ccc(-c3ccc(C4C=C(F)C(F)=C(F)C4)c(F)c3)c(F)c2)OC1. The molecule has 0 aromatic heterocycles. The summed E-state index contributed by atoms with van der Waals surface area (Å²) in [6.45, 7) is 3.18. The molecule has 0 amide bonds. The fourth-order valence-electron chi connectivity index (χ4n) is 4.14. The molecule has 32 heavy (non-hydrogen) atoms. The highest BCUT2D eigenvalue weighted by Crippen LogP contribution is 2.39. The highest BCUT2D eigenvalue weighted by atomic mass is 19.2. The Morgan fingerprint density at radius 1 is 0.906 bits per heavy atom. The fraction of sp³-hybridized carbons (Fsp3) is 0.360. The Balaban J connectivity index is 1.52. The van der Waals surface area contributed by atoms with Crippen molar-refractivity contribution in [1.82, 2.24) is 0 Å². The number of hydrogen-bond donors (Lipinski definition) is 0. The van der Waals surface area contributed by atoms with Crippen molar-refractivity contribution in [1.29, 1.82) is 0 Å². The molecular formula is C25H23F5O2. The predicted octanol–water partition coefficient (Wildman–Crippen LogP) is 7.58. The zero-order chi connectivity index (χ0) is 22.8. The molecule has 0 spiro atoms. The molecule has 2 aromatic carbocycles. The van der Waals surface area contributed by atoms with E-state index in [1.54, 1.807) is 6.07 Å². The summed E-state index contributed by atoms with van der Waals surface area (Å²) >= 11 is 0. The number of ether oxygens (including phenoxy) is 2. The van der Waals surface area contributed by atoms with Crippen LogP contribution < -0.4 is 0 Å². The molecule has 1 heterocycles. The number of hydrogen-bond acceptors (Lipinski definition) is 2. The van der Waals surface area contributed by atoms with Gasteiger partial charge in [0, 0.05) is 29.4 Å². The zero-order valence-electron chi connectivity index (χ0n) is 17.5. The van der Waals surface area contributed by atoms with Crippen molar-refractivity contribution in [3.63, 3.8) is 0 Å². The van der Waals surface area contributed by atoms with Gasteiger partial charge >= 0.3 is 0 Å². The monoisotopic (exact) mass is 450 g/mol. The molecule has 0 radical (unpaired) electrons. The molecule has 1 saturated heterocycles. The molecule has 170 valence electrons. The van der Waals surface area contributed by atoms with Crippen molar-refractivity contribution in [3.8, 4) is 11.1 Å². The maximum Gasteiger partial charge on any atom is 0.189 e. The number of halogens is 5. The van der Waals surface area contributed by atoms with E-state index in [9.17, 15) is 22.0 Å². The van der Waals surface area contributed by atoms with Crippen LogP contribution in [0.4, 0.5) is 22.0 Å². The molecule has 2 nitrogen and oxygen atoms in total. The lowest BCUT2D eigenvalue weighted by molar-refractivity contribution is -0.206. The van der Waals surface area contributed by atoms with Gasteiger partial charge in [-0.15, -0.1) is 0 Å². The van der Waals surface area contributed by atoms with Crippen LogP contribution in [0.2, 0.25) is 0 Å². The third kappa shape index (κ3) is 4.64. The van der Waals surface area contributed by atoms with E-state index in [4.69, 9.17) is 9.47 Å². The van der Waals surface area contributed by atoms with Gasteiger partial charge in [-0.25, -0.2) is 22.0 Å². The first-order valence-electron chi connectivity index (χ1n) is 10.6. The van der Waals surface area contributed by atoms with Crippen LogP contribution >= 0.6 is 0 Å². The van der Waals surface area contributed by atoms with Crippen LogP contribution in [0.5, 0.6) is 0 Å². The Hall–Kier alpha value is -2.51. The molecule has 2 aliphatic rings. The summed E-state index contributed by atoms with van der Waals surface area (Å²) in [5.41, 5.74) is 0.979. The maximum atomic E-state index is 14.8. The summed E-state index contributed by atoms with van der Waals surface area (Å²) in [5.74, 6) is -6.13. The minimum atomic E-state index is -1.55. The predicted molar refractivity (Wildman–Crippen MR) is 111 cm³/mol. The van der Waals surface area contributed by atoms with E-state index in [-0.39, 0.29) is 16.7 Å². The third-order valence-electron chi connectivity index (χ3n) is 5.83. The molecule has 1 aliphatic carbocycles. The second kappa shape index (κ2) is 9.55. The highest BCUT2D eigenvalue weighted by Gasteiger charge is 2.27. The zero-order valence-corrected chi connectivity index (χ0v) is 17.5. The normalized spacial score (nSPS) is 23.9. The van der Waals surface area contributed by atoms with Crippen LogP contribution in [0.3, 0.4) is 0 Å². The van der Waals surface area contributed by atoms with Crippen molar-refractivity contribution < 1.29 is 31.4 Å². The van der Waals surface area contributed by atoms with Gasteiger partial charge in [0.05, 0.1) is 13.2 Å². The molecule has 2 aromatic rings. The van der Waals surface area contributed by atoms with Gasteiger partial charge in [0.1, 0.15) is 17.5 Å². The van der Waals surface area contributed by atoms with Gasteiger partial charge < -0.3 is 9.47 Å². The Labute approximate surface area is 183 Å². The Morgan fingerprint density at radius 2 is 1.66 bits per heavy atom. The molecule has 0 bridgehead atoms. The second-order valence-electron chi connectivity index (χ2n) is 8.17. The van der Waals surface area contributed by atoms with Gasteiger partial charge in [-0.05, 0) is 35.8 Å². The topological polar surface area (TPSA) is 18.5 Å². The lowest BCUT2D eigenvalue weighted by Gasteiger charge is -2.29. The minimum Gasteiger partial charge on any atom is -0.348 e. The van der Waals surface area contributed by atoms with Crippen molar-refractivity contribution in [2.75, 3.05) is 13.2 Å². The first-order chi connectivity index (χ1) is 15.4. The average molecular weight is 450 g/mol. The van der Waals surface area contributed by atoms with Crippen molar-refractivity contribution in [2.24, 2.45) is 5.92 Å². The smallest absolute Gasteiger partial charge is 0.189 e. The second-order valence-corrected chi connectivity index (χ2v) is 8.17. The minimum absolute atomic E-state index is 0.00853. The first-order valence-corrected chi connectivity index (χ1v) is 10.6. The van der Waals surface area contributed by atoms with Crippen LogP contribution in [-0.4, -0.2) is 13.2 Å². The van der Waals surface area contributed by atoms with Gasteiger partial charge in [-0.3, -0.25) is 0 Å². The molecular weight excluding hydrogens is 427 g/mol. The molecule has 0 N–H and O–H groups in total. The van der Waals surface area contributed by atoms with Crippen LogP contribution in [0.1, 0.15) is 49.5 Å². The number of allylic oxidation sites excluding steroid dienone is 4. The lowest BCUT2D eigenvalue weighted by atomic mass is 9.89. The van der Waals surface area contributed by atoms with Gasteiger partial charge in [0.2, 0.25) is 0 Å². The van der Waals surface area contributed by atoms with Crippen molar-refractivity contribution in [2.45, 2.75) is 38.4 Å². The van der Waals surface area contributed by atoms with E-state index in [0.29, 0.717) is 24.7 Å². The highest BCUT2D eigenvalue weighted by molar-refractivity contribution is 5.65. The van der Waals surface area contributed by atoms with E-state index in [2.05, 4.69) is 6.92 Å². The molecule has 1 atom stereocenters. The number of benzene rings is 2. The van der Waals surface area contributed by atoms with Crippen molar-refractivity contribution >= 4 is 0 Å². The van der Waals surface area contributed by atoms with E-state index in [1.165, 1.54) is 24.3 Å². The van der Waals surface area contributed by atoms with E-state index >= 15 is 0 Å². The van der Waals surface area contributed by atoms with Crippen LogP contribution in [0.15, 0.2) is 60.0 Å². The van der Waals surface area contributed by atoms with E-state index in [0.717, 1.165) is 25.0 Å². The maximum absolute atomic E-state index is 14.8. The van der Waals surface area contributed by atoms with Crippen LogP contribution in [-0.2, 0) is 9.47 Å². The summed E-state index contributed by atoms with van der Waals surface area (Å²) in [7, 11) is 0. The third-order valence-corrected chi connectivity index (χ3v) is 5.83. The largest absolute Gasteiger partial charge is 0.348 e. The standard InChI is InChI=1S/C25H23F5O2/c1-2-3-14-12-31-25(32-13-14)16-5-7-18(21(27)9-16)15-4-6-19(20(26)8-15)17-10-22(28)24(30)23(29)11-17/h4-10,14,17,25H,2-3,11-13H2,1H3. The first kappa shape index (κ1) is 22.7. The fourth-order valence-corrected chi connectivity index (χ4v) is 4.14. The van der Waals surface area contributed by atoms with Crippen LogP contribution in [0.25, 0.3) is 11.1 Å². The molecule has 0 saturated carbocycles. The summed E-state index contributed by atoms with van der Waals surface area (Å²) in [6.07, 6.45) is 1.76.